The van der Waals surface area contributed by atoms with Crippen molar-refractivity contribution < 1.29 is 9.84 Å². The summed E-state index contributed by atoms with van der Waals surface area (Å²) in [6, 6.07) is 0.0590. The number of nitrogens with one attached hydrogen (secondary N) is 1. The van der Waals surface area contributed by atoms with Crippen LogP contribution in [-0.4, -0.2) is 34.3 Å². The van der Waals surface area contributed by atoms with Gasteiger partial charge in [-0.1, -0.05) is 27.7 Å². The molecule has 1 aromatic rings. The maximum atomic E-state index is 9.19. The van der Waals surface area contributed by atoms with E-state index in [1.807, 2.05) is 6.92 Å². The molecule has 0 saturated heterocycles. The van der Waals surface area contributed by atoms with Crippen molar-refractivity contribution in [2.24, 2.45) is 5.41 Å². The first-order valence-corrected chi connectivity index (χ1v) is 7.00. The standard InChI is InChI=1S/C14H26N4O2/c1-5-8-20-13-11(15)12(16-9-17-13)18-10(6-7-19)14(2,3)4/h9-10,19H,5-8,15H2,1-4H3,(H,16,17,18). The second-order valence-electron chi connectivity index (χ2n) is 5.86. The Balaban J connectivity index is 2.90. The first-order chi connectivity index (χ1) is 9.40. The highest BCUT2D eigenvalue weighted by molar-refractivity contribution is 5.66. The molecule has 1 heterocycles. The van der Waals surface area contributed by atoms with Gasteiger partial charge in [0.05, 0.1) is 6.61 Å². The molecule has 1 unspecified atom stereocenters. The highest BCUT2D eigenvalue weighted by atomic mass is 16.5. The van der Waals surface area contributed by atoms with E-state index in [1.54, 1.807) is 0 Å². The molecule has 4 N–H and O–H groups in total. The van der Waals surface area contributed by atoms with Gasteiger partial charge in [-0.2, -0.15) is 4.98 Å². The van der Waals surface area contributed by atoms with Gasteiger partial charge in [0.1, 0.15) is 12.0 Å². The molecule has 0 aliphatic heterocycles. The van der Waals surface area contributed by atoms with Crippen molar-refractivity contribution in [3.05, 3.63) is 6.33 Å². The lowest BCUT2D eigenvalue weighted by Crippen LogP contribution is -2.35. The zero-order chi connectivity index (χ0) is 15.2. The smallest absolute Gasteiger partial charge is 0.242 e. The van der Waals surface area contributed by atoms with E-state index >= 15 is 0 Å². The topological polar surface area (TPSA) is 93.3 Å². The van der Waals surface area contributed by atoms with E-state index in [-0.39, 0.29) is 18.1 Å². The zero-order valence-corrected chi connectivity index (χ0v) is 12.8. The Labute approximate surface area is 120 Å². The van der Waals surface area contributed by atoms with E-state index in [2.05, 4.69) is 36.1 Å². The van der Waals surface area contributed by atoms with E-state index < -0.39 is 0 Å². The molecule has 0 bridgehead atoms. The molecule has 6 nitrogen and oxygen atoms in total. The van der Waals surface area contributed by atoms with Crippen molar-refractivity contribution in [1.82, 2.24) is 9.97 Å². The first-order valence-electron chi connectivity index (χ1n) is 7.00. The average Bonchev–Trinajstić information content (AvgIpc) is 2.38. The fourth-order valence-electron chi connectivity index (χ4n) is 1.82. The van der Waals surface area contributed by atoms with Gasteiger partial charge in [0.15, 0.2) is 5.82 Å². The number of aromatic nitrogens is 2. The summed E-state index contributed by atoms with van der Waals surface area (Å²) in [5.41, 5.74) is 6.42. The molecule has 0 aliphatic rings. The average molecular weight is 282 g/mol. The van der Waals surface area contributed by atoms with Gasteiger partial charge in [-0.05, 0) is 18.3 Å². The van der Waals surface area contributed by atoms with Crippen LogP contribution < -0.4 is 15.8 Å². The Morgan fingerprint density at radius 3 is 2.65 bits per heavy atom. The number of hydrogen-bond acceptors (Lipinski definition) is 6. The molecule has 6 heteroatoms. The largest absolute Gasteiger partial charge is 0.476 e. The summed E-state index contributed by atoms with van der Waals surface area (Å²) in [6.45, 7) is 9.01. The van der Waals surface area contributed by atoms with Gasteiger partial charge < -0.3 is 20.9 Å². The van der Waals surface area contributed by atoms with Gasteiger partial charge in [0.25, 0.3) is 0 Å². The van der Waals surface area contributed by atoms with E-state index in [4.69, 9.17) is 10.5 Å². The Hall–Kier alpha value is -1.56. The van der Waals surface area contributed by atoms with Gasteiger partial charge in [0.2, 0.25) is 5.88 Å². The maximum Gasteiger partial charge on any atom is 0.242 e. The molecule has 0 radical (unpaired) electrons. The third-order valence-corrected chi connectivity index (χ3v) is 3.06. The van der Waals surface area contributed by atoms with Gasteiger partial charge in [0, 0.05) is 12.6 Å². The number of ether oxygens (including phenoxy) is 1. The fourth-order valence-corrected chi connectivity index (χ4v) is 1.82. The predicted octanol–water partition coefficient (Wildman–Crippen LogP) is 2.06. The number of aliphatic hydroxyl groups excluding tert-OH is 1. The third-order valence-electron chi connectivity index (χ3n) is 3.06. The molecular weight excluding hydrogens is 256 g/mol. The minimum atomic E-state index is -0.0233. The van der Waals surface area contributed by atoms with Crippen molar-refractivity contribution in [2.75, 3.05) is 24.3 Å². The van der Waals surface area contributed by atoms with Crippen LogP contribution in [0.25, 0.3) is 0 Å². The van der Waals surface area contributed by atoms with Crippen molar-refractivity contribution in [1.29, 1.82) is 0 Å². The second kappa shape index (κ2) is 7.28. The minimum Gasteiger partial charge on any atom is -0.476 e. The lowest BCUT2D eigenvalue weighted by Gasteiger charge is -2.31. The maximum absolute atomic E-state index is 9.19. The number of nitrogen functional groups attached to an aromatic ring is 1. The van der Waals surface area contributed by atoms with Crippen LogP contribution in [0.4, 0.5) is 11.5 Å². The molecule has 1 aromatic heterocycles. The van der Waals surface area contributed by atoms with Crippen LogP contribution in [0, 0.1) is 5.41 Å². The first kappa shape index (κ1) is 16.5. The van der Waals surface area contributed by atoms with E-state index in [0.717, 1.165) is 6.42 Å². The van der Waals surface area contributed by atoms with Crippen molar-refractivity contribution in [3.8, 4) is 5.88 Å². The number of aliphatic hydroxyl groups is 1. The zero-order valence-electron chi connectivity index (χ0n) is 12.8. The summed E-state index contributed by atoms with van der Waals surface area (Å²) in [5, 5.41) is 12.5. The van der Waals surface area contributed by atoms with Gasteiger partial charge in [-0.15, -0.1) is 0 Å². The molecule has 20 heavy (non-hydrogen) atoms. The van der Waals surface area contributed by atoms with E-state index in [0.29, 0.717) is 30.4 Å². The van der Waals surface area contributed by atoms with Crippen LogP contribution in [0.1, 0.15) is 40.5 Å². The summed E-state index contributed by atoms with van der Waals surface area (Å²) in [6.07, 6.45) is 2.95. The molecule has 0 aliphatic carbocycles. The molecule has 0 fully saturated rings. The normalized spacial score (nSPS) is 13.1. The van der Waals surface area contributed by atoms with Gasteiger partial charge >= 0.3 is 0 Å². The van der Waals surface area contributed by atoms with Crippen LogP contribution in [0.5, 0.6) is 5.88 Å². The third kappa shape index (κ3) is 4.52. The minimum absolute atomic E-state index is 0.0233. The molecule has 0 amide bonds. The van der Waals surface area contributed by atoms with E-state index in [1.165, 1.54) is 6.33 Å². The molecule has 114 valence electrons. The summed E-state index contributed by atoms with van der Waals surface area (Å²) < 4.78 is 5.49. The lowest BCUT2D eigenvalue weighted by molar-refractivity contribution is 0.235. The molecule has 1 rings (SSSR count). The molecule has 0 saturated carbocycles. The van der Waals surface area contributed by atoms with Gasteiger partial charge in [-0.25, -0.2) is 4.98 Å². The van der Waals surface area contributed by atoms with Crippen LogP contribution >= 0.6 is 0 Å². The number of nitrogens with two attached hydrogens (primary N) is 1. The van der Waals surface area contributed by atoms with Crippen LogP contribution in [-0.2, 0) is 0 Å². The number of anilines is 2. The molecular formula is C14H26N4O2. The van der Waals surface area contributed by atoms with Crippen LogP contribution in [0.2, 0.25) is 0 Å². The van der Waals surface area contributed by atoms with Crippen molar-refractivity contribution in [3.63, 3.8) is 0 Å². The molecule has 1 atom stereocenters. The Kier molecular flexibility index (Phi) is 6.01. The highest BCUT2D eigenvalue weighted by Crippen LogP contribution is 2.30. The Morgan fingerprint density at radius 1 is 1.40 bits per heavy atom. The number of hydrogen-bond donors (Lipinski definition) is 3. The Morgan fingerprint density at radius 2 is 2.10 bits per heavy atom. The fraction of sp³-hybridized carbons (Fsp3) is 0.714. The van der Waals surface area contributed by atoms with Crippen LogP contribution in [0.3, 0.4) is 0 Å². The predicted molar refractivity (Wildman–Crippen MR) is 80.8 cm³/mol. The SMILES string of the molecule is CCCOc1ncnc(NC(CCO)C(C)(C)C)c1N. The number of rotatable bonds is 7. The highest BCUT2D eigenvalue weighted by Gasteiger charge is 2.25. The van der Waals surface area contributed by atoms with Crippen molar-refractivity contribution >= 4 is 11.5 Å². The quantitative estimate of drug-likeness (QED) is 0.709. The number of nitrogens with zero attached hydrogens (tertiary/aromatic N) is 2. The molecule has 0 aromatic carbocycles. The summed E-state index contributed by atoms with van der Waals surface area (Å²) in [5.74, 6) is 0.959. The summed E-state index contributed by atoms with van der Waals surface area (Å²) in [7, 11) is 0. The molecule has 0 spiro atoms. The monoisotopic (exact) mass is 282 g/mol. The summed E-state index contributed by atoms with van der Waals surface area (Å²) >= 11 is 0. The van der Waals surface area contributed by atoms with E-state index in [9.17, 15) is 5.11 Å². The lowest BCUT2D eigenvalue weighted by atomic mass is 9.85. The van der Waals surface area contributed by atoms with Crippen molar-refractivity contribution in [2.45, 2.75) is 46.6 Å². The summed E-state index contributed by atoms with van der Waals surface area (Å²) in [4.78, 5) is 8.22. The van der Waals surface area contributed by atoms with Crippen LogP contribution in [0.15, 0.2) is 6.33 Å². The second-order valence-corrected chi connectivity index (χ2v) is 5.86. The van der Waals surface area contributed by atoms with Gasteiger partial charge in [-0.3, -0.25) is 0 Å². The Bertz CT molecular complexity index is 418.